The van der Waals surface area contributed by atoms with Gasteiger partial charge in [0.25, 0.3) is 5.91 Å². The van der Waals surface area contributed by atoms with E-state index in [9.17, 15) is 4.79 Å². The summed E-state index contributed by atoms with van der Waals surface area (Å²) in [6.45, 7) is 2.95. The first-order valence-electron chi connectivity index (χ1n) is 7.94. The molecule has 4 rings (SSSR count). The van der Waals surface area contributed by atoms with Crippen LogP contribution in [-0.4, -0.2) is 24.3 Å². The van der Waals surface area contributed by atoms with Gasteiger partial charge in [0.15, 0.2) is 11.5 Å². The van der Waals surface area contributed by atoms with Gasteiger partial charge in [-0.05, 0) is 19.1 Å². The van der Waals surface area contributed by atoms with E-state index in [2.05, 4.69) is 10.5 Å². The molecule has 0 atom stereocenters. The minimum absolute atomic E-state index is 0.130. The molecule has 1 aliphatic rings. The number of nitrogens with one attached hydrogen (secondary N) is 1. The van der Waals surface area contributed by atoms with E-state index < -0.39 is 5.91 Å². The van der Waals surface area contributed by atoms with E-state index in [4.69, 9.17) is 14.0 Å². The Bertz CT molecular complexity index is 915. The number of carbonyl (C=O) groups excluding carboxylic acids is 1. The largest absolute Gasteiger partial charge is 0.486 e. The summed E-state index contributed by atoms with van der Waals surface area (Å²) >= 11 is 0. The molecule has 25 heavy (non-hydrogen) atoms. The number of hydrogen-bond acceptors (Lipinski definition) is 5. The van der Waals surface area contributed by atoms with Crippen LogP contribution in [-0.2, 0) is 0 Å². The average Bonchev–Trinajstić information content (AvgIpc) is 3.13. The Balaban J connectivity index is 1.55. The third-order valence-corrected chi connectivity index (χ3v) is 3.90. The molecule has 2 heterocycles. The fraction of sp³-hybridized carbons (Fsp3) is 0.158. The average molecular weight is 336 g/mol. The second-order valence-corrected chi connectivity index (χ2v) is 5.73. The van der Waals surface area contributed by atoms with Crippen molar-refractivity contribution in [3.63, 3.8) is 0 Å². The van der Waals surface area contributed by atoms with E-state index in [0.29, 0.717) is 36.1 Å². The van der Waals surface area contributed by atoms with Crippen LogP contribution in [0.2, 0.25) is 0 Å². The summed E-state index contributed by atoms with van der Waals surface area (Å²) in [6, 6.07) is 14.8. The quantitative estimate of drug-likeness (QED) is 0.790. The number of nitrogens with zero attached hydrogens (tertiary/aromatic N) is 1. The van der Waals surface area contributed by atoms with Gasteiger partial charge in [-0.3, -0.25) is 4.79 Å². The topological polar surface area (TPSA) is 73.6 Å². The van der Waals surface area contributed by atoms with Gasteiger partial charge < -0.3 is 19.3 Å². The molecule has 1 aromatic heterocycles. The van der Waals surface area contributed by atoms with Crippen molar-refractivity contribution >= 4 is 11.6 Å². The number of benzene rings is 2. The summed E-state index contributed by atoms with van der Waals surface area (Å²) in [6.07, 6.45) is 0. The van der Waals surface area contributed by atoms with Crippen LogP contribution in [0.25, 0.3) is 11.3 Å². The van der Waals surface area contributed by atoms with Gasteiger partial charge in [0.05, 0.1) is 5.69 Å². The second kappa shape index (κ2) is 6.32. The minimum atomic E-state index is -0.395. The summed E-state index contributed by atoms with van der Waals surface area (Å²) in [4.78, 5) is 12.5. The number of anilines is 1. The summed E-state index contributed by atoms with van der Waals surface area (Å²) in [5.41, 5.74) is 3.19. The molecule has 0 spiro atoms. The number of amides is 1. The first kappa shape index (κ1) is 15.3. The maximum Gasteiger partial charge on any atom is 0.294 e. The van der Waals surface area contributed by atoms with Crippen molar-refractivity contribution in [2.24, 2.45) is 0 Å². The van der Waals surface area contributed by atoms with Crippen molar-refractivity contribution in [1.82, 2.24) is 5.16 Å². The van der Waals surface area contributed by atoms with Gasteiger partial charge in [-0.25, -0.2) is 0 Å². The standard InChI is InChI=1S/C19H16N2O4/c1-12-5-7-13(8-6-12)15-11-17(25-21-15)19(22)20-14-3-2-4-16-18(14)24-10-9-23-16/h2-8,11H,9-10H2,1H3,(H,20,22). The van der Waals surface area contributed by atoms with Crippen LogP contribution >= 0.6 is 0 Å². The third kappa shape index (κ3) is 3.06. The van der Waals surface area contributed by atoms with Gasteiger partial charge in [0, 0.05) is 11.6 Å². The molecule has 1 N–H and O–H groups in total. The van der Waals surface area contributed by atoms with Crippen LogP contribution in [0.4, 0.5) is 5.69 Å². The van der Waals surface area contributed by atoms with Crippen molar-refractivity contribution < 1.29 is 18.8 Å². The fourth-order valence-electron chi connectivity index (χ4n) is 2.60. The van der Waals surface area contributed by atoms with Crippen LogP contribution < -0.4 is 14.8 Å². The van der Waals surface area contributed by atoms with Crippen molar-refractivity contribution in [3.05, 3.63) is 59.9 Å². The highest BCUT2D eigenvalue weighted by molar-refractivity contribution is 6.03. The molecule has 2 aromatic carbocycles. The molecule has 6 nitrogen and oxygen atoms in total. The molecule has 0 unspecified atom stereocenters. The van der Waals surface area contributed by atoms with Crippen LogP contribution in [0.1, 0.15) is 16.1 Å². The van der Waals surface area contributed by atoms with Crippen molar-refractivity contribution in [2.45, 2.75) is 6.92 Å². The predicted octanol–water partition coefficient (Wildman–Crippen LogP) is 3.67. The predicted molar refractivity (Wildman–Crippen MR) is 92.1 cm³/mol. The summed E-state index contributed by atoms with van der Waals surface area (Å²) in [5.74, 6) is 0.876. The van der Waals surface area contributed by atoms with Gasteiger partial charge in [-0.15, -0.1) is 0 Å². The molecule has 1 aliphatic heterocycles. The van der Waals surface area contributed by atoms with E-state index in [1.165, 1.54) is 0 Å². The van der Waals surface area contributed by atoms with E-state index in [1.54, 1.807) is 24.3 Å². The Hall–Kier alpha value is -3.28. The van der Waals surface area contributed by atoms with Crippen LogP contribution in [0.15, 0.2) is 53.1 Å². The van der Waals surface area contributed by atoms with Crippen molar-refractivity contribution in [3.8, 4) is 22.8 Å². The van der Waals surface area contributed by atoms with Gasteiger partial charge in [0.1, 0.15) is 18.9 Å². The van der Waals surface area contributed by atoms with E-state index >= 15 is 0 Å². The summed E-state index contributed by atoms with van der Waals surface area (Å²) in [5, 5.41) is 6.76. The number of para-hydroxylation sites is 1. The van der Waals surface area contributed by atoms with Gasteiger partial charge in [-0.2, -0.15) is 0 Å². The molecule has 0 fully saturated rings. The monoisotopic (exact) mass is 336 g/mol. The summed E-state index contributed by atoms with van der Waals surface area (Å²) < 4.78 is 16.3. The number of rotatable bonds is 3. The van der Waals surface area contributed by atoms with E-state index in [0.717, 1.165) is 11.1 Å². The van der Waals surface area contributed by atoms with Crippen molar-refractivity contribution in [2.75, 3.05) is 18.5 Å². The Kier molecular flexibility index (Phi) is 3.85. The first-order chi connectivity index (χ1) is 12.2. The summed E-state index contributed by atoms with van der Waals surface area (Å²) in [7, 11) is 0. The van der Waals surface area contributed by atoms with Crippen molar-refractivity contribution in [1.29, 1.82) is 0 Å². The lowest BCUT2D eigenvalue weighted by Gasteiger charge is -2.20. The Morgan fingerprint density at radius 2 is 1.88 bits per heavy atom. The highest BCUT2D eigenvalue weighted by atomic mass is 16.6. The lowest BCUT2D eigenvalue weighted by Crippen LogP contribution is -2.18. The number of aromatic nitrogens is 1. The normalized spacial score (nSPS) is 12.7. The number of fused-ring (bicyclic) bond motifs is 1. The lowest BCUT2D eigenvalue weighted by atomic mass is 10.1. The molecule has 0 radical (unpaired) electrons. The molecular weight excluding hydrogens is 320 g/mol. The molecule has 0 bridgehead atoms. The number of aryl methyl sites for hydroxylation is 1. The molecule has 6 heteroatoms. The maximum atomic E-state index is 12.5. The van der Waals surface area contributed by atoms with Gasteiger partial charge >= 0.3 is 0 Å². The number of carbonyl (C=O) groups is 1. The Morgan fingerprint density at radius 1 is 1.08 bits per heavy atom. The highest BCUT2D eigenvalue weighted by Gasteiger charge is 2.20. The molecular formula is C19H16N2O4. The Labute approximate surface area is 144 Å². The molecule has 0 aliphatic carbocycles. The molecule has 126 valence electrons. The number of ether oxygens (including phenoxy) is 2. The zero-order chi connectivity index (χ0) is 17.2. The van der Waals surface area contributed by atoms with Gasteiger partial charge in [-0.1, -0.05) is 41.1 Å². The highest BCUT2D eigenvalue weighted by Crippen LogP contribution is 2.37. The van der Waals surface area contributed by atoms with E-state index in [-0.39, 0.29) is 5.76 Å². The maximum absolute atomic E-state index is 12.5. The van der Waals surface area contributed by atoms with Gasteiger partial charge in [0.2, 0.25) is 5.76 Å². The zero-order valence-corrected chi connectivity index (χ0v) is 13.6. The van der Waals surface area contributed by atoms with Crippen LogP contribution in [0, 0.1) is 6.92 Å². The lowest BCUT2D eigenvalue weighted by molar-refractivity contribution is 0.0987. The SMILES string of the molecule is Cc1ccc(-c2cc(C(=O)Nc3cccc4c3OCCO4)on2)cc1. The second-order valence-electron chi connectivity index (χ2n) is 5.73. The smallest absolute Gasteiger partial charge is 0.294 e. The molecule has 1 amide bonds. The fourth-order valence-corrected chi connectivity index (χ4v) is 2.60. The zero-order valence-electron chi connectivity index (χ0n) is 13.6. The molecule has 3 aromatic rings. The number of hydrogen-bond donors (Lipinski definition) is 1. The first-order valence-corrected chi connectivity index (χ1v) is 7.94. The minimum Gasteiger partial charge on any atom is -0.486 e. The Morgan fingerprint density at radius 3 is 2.72 bits per heavy atom. The molecule has 0 saturated carbocycles. The van der Waals surface area contributed by atoms with Crippen LogP contribution in [0.3, 0.4) is 0 Å². The van der Waals surface area contributed by atoms with Crippen LogP contribution in [0.5, 0.6) is 11.5 Å². The van der Waals surface area contributed by atoms with E-state index in [1.807, 2.05) is 31.2 Å². The molecule has 0 saturated heterocycles. The third-order valence-electron chi connectivity index (χ3n) is 3.90.